The summed E-state index contributed by atoms with van der Waals surface area (Å²) in [5.74, 6) is -2.92. The summed E-state index contributed by atoms with van der Waals surface area (Å²) in [6, 6.07) is 7.33. The van der Waals surface area contributed by atoms with Gasteiger partial charge in [0, 0.05) is 53.6 Å². The Hall–Kier alpha value is -3.56. The molecular formula is C31H43N4O7P. The van der Waals surface area contributed by atoms with Gasteiger partial charge in [-0.3, -0.25) is 33.4 Å². The van der Waals surface area contributed by atoms with E-state index in [0.29, 0.717) is 29.3 Å². The molecule has 3 N–H and O–H groups in total. The van der Waals surface area contributed by atoms with Crippen LogP contribution in [0, 0.1) is 17.8 Å². The van der Waals surface area contributed by atoms with Gasteiger partial charge in [0.2, 0.25) is 25.1 Å². The first kappa shape index (κ1) is 33.9. The van der Waals surface area contributed by atoms with Crippen molar-refractivity contribution in [3.8, 4) is 0 Å². The molecule has 0 radical (unpaired) electrons. The number of amides is 5. The number of imide groups is 1. The predicted octanol–water partition coefficient (Wildman–Crippen LogP) is 4.61. The summed E-state index contributed by atoms with van der Waals surface area (Å²) in [5.41, 5.74) is 0.944. The maximum atomic E-state index is 14.4. The highest BCUT2D eigenvalue weighted by Crippen LogP contribution is 2.51. The van der Waals surface area contributed by atoms with E-state index in [1.807, 2.05) is 27.7 Å². The van der Waals surface area contributed by atoms with Crippen molar-refractivity contribution in [2.75, 3.05) is 31.4 Å². The quantitative estimate of drug-likeness (QED) is 0.208. The molecule has 3 atom stereocenters. The third-order valence-corrected chi connectivity index (χ3v) is 9.68. The van der Waals surface area contributed by atoms with Crippen LogP contribution in [0.4, 0.5) is 5.69 Å². The van der Waals surface area contributed by atoms with Gasteiger partial charge < -0.3 is 20.5 Å². The Morgan fingerprint density at radius 1 is 0.930 bits per heavy atom. The number of anilines is 1. The lowest BCUT2D eigenvalue weighted by Gasteiger charge is -2.32. The molecule has 2 aromatic carbocycles. The highest BCUT2D eigenvalue weighted by Gasteiger charge is 2.41. The van der Waals surface area contributed by atoms with E-state index in [1.54, 1.807) is 31.2 Å². The van der Waals surface area contributed by atoms with E-state index in [4.69, 9.17) is 4.52 Å². The van der Waals surface area contributed by atoms with Gasteiger partial charge in [-0.25, -0.2) is 0 Å². The van der Waals surface area contributed by atoms with Crippen molar-refractivity contribution in [1.29, 1.82) is 0 Å². The summed E-state index contributed by atoms with van der Waals surface area (Å²) in [5, 5.41) is 9.09. The summed E-state index contributed by atoms with van der Waals surface area (Å²) in [4.78, 5) is 66.1. The van der Waals surface area contributed by atoms with Crippen molar-refractivity contribution in [2.45, 2.75) is 60.4 Å². The smallest absolute Gasteiger partial charge is 0.261 e. The van der Waals surface area contributed by atoms with Crippen LogP contribution in [0.3, 0.4) is 0 Å². The summed E-state index contributed by atoms with van der Waals surface area (Å²) in [6.07, 6.45) is 0.0758. The molecule has 2 aromatic rings. The SMILES string of the molecule is CCOP(=O)(CC(CC(C)C)C(=O)N[C@@H](CC(C)C)C(=O)NC)CN1C(=O)c2cccc3c(NC(C)=O)ccc(c23)C1=O. The van der Waals surface area contributed by atoms with Crippen LogP contribution in [0.15, 0.2) is 30.3 Å². The lowest BCUT2D eigenvalue weighted by molar-refractivity contribution is -0.131. The van der Waals surface area contributed by atoms with Gasteiger partial charge in [0.25, 0.3) is 11.8 Å². The molecule has 0 aliphatic carbocycles. The van der Waals surface area contributed by atoms with Crippen molar-refractivity contribution in [3.05, 3.63) is 41.5 Å². The molecule has 3 rings (SSSR count). The highest BCUT2D eigenvalue weighted by molar-refractivity contribution is 7.59. The van der Waals surface area contributed by atoms with Crippen LogP contribution >= 0.6 is 7.37 Å². The van der Waals surface area contributed by atoms with E-state index < -0.39 is 43.3 Å². The van der Waals surface area contributed by atoms with Crippen LogP contribution in [-0.4, -0.2) is 66.6 Å². The van der Waals surface area contributed by atoms with Crippen LogP contribution in [0.1, 0.15) is 75.1 Å². The molecule has 0 saturated carbocycles. The normalized spacial score (nSPS) is 15.8. The Morgan fingerprint density at radius 2 is 1.56 bits per heavy atom. The average Bonchev–Trinajstić information content (AvgIpc) is 2.92. The van der Waals surface area contributed by atoms with E-state index in [0.717, 1.165) is 4.90 Å². The lowest BCUT2D eigenvalue weighted by atomic mass is 9.93. The molecule has 12 heteroatoms. The van der Waals surface area contributed by atoms with E-state index in [2.05, 4.69) is 16.0 Å². The zero-order valence-corrected chi connectivity index (χ0v) is 26.9. The maximum absolute atomic E-state index is 14.4. The van der Waals surface area contributed by atoms with Crippen molar-refractivity contribution in [3.63, 3.8) is 0 Å². The monoisotopic (exact) mass is 614 g/mol. The Kier molecular flexibility index (Phi) is 11.3. The third kappa shape index (κ3) is 8.09. The number of hydrogen-bond acceptors (Lipinski definition) is 7. The zero-order chi connectivity index (χ0) is 32.1. The Morgan fingerprint density at radius 3 is 2.12 bits per heavy atom. The average molecular weight is 615 g/mol. The summed E-state index contributed by atoms with van der Waals surface area (Å²) < 4.78 is 20.1. The maximum Gasteiger partial charge on any atom is 0.261 e. The van der Waals surface area contributed by atoms with Crippen molar-refractivity contribution < 1.29 is 33.1 Å². The number of benzene rings is 2. The molecule has 0 fully saturated rings. The summed E-state index contributed by atoms with van der Waals surface area (Å²) in [6.45, 7) is 10.8. The number of likely N-dealkylation sites (N-methyl/N-ethyl adjacent to an activating group) is 1. The van der Waals surface area contributed by atoms with Crippen molar-refractivity contribution >= 4 is 53.4 Å². The molecule has 1 aliphatic heterocycles. The zero-order valence-electron chi connectivity index (χ0n) is 26.0. The largest absolute Gasteiger partial charge is 0.357 e. The number of rotatable bonds is 14. The fourth-order valence-electron chi connectivity index (χ4n) is 5.51. The molecular weight excluding hydrogens is 571 g/mol. The van der Waals surface area contributed by atoms with E-state index in [1.165, 1.54) is 20.0 Å². The minimum Gasteiger partial charge on any atom is -0.357 e. The van der Waals surface area contributed by atoms with Gasteiger partial charge in [-0.2, -0.15) is 0 Å². The Balaban J connectivity index is 1.95. The second kappa shape index (κ2) is 14.3. The number of carbonyl (C=O) groups excluding carboxylic acids is 5. The molecule has 234 valence electrons. The molecule has 1 aliphatic rings. The number of nitrogens with one attached hydrogen (secondary N) is 3. The first-order valence-corrected chi connectivity index (χ1v) is 16.6. The fourth-order valence-corrected chi connectivity index (χ4v) is 7.96. The molecule has 0 aromatic heterocycles. The molecule has 0 saturated heterocycles. The van der Waals surface area contributed by atoms with Gasteiger partial charge in [0.15, 0.2) is 0 Å². The molecule has 43 heavy (non-hydrogen) atoms. The van der Waals surface area contributed by atoms with E-state index in [9.17, 15) is 28.5 Å². The van der Waals surface area contributed by atoms with Crippen molar-refractivity contribution in [1.82, 2.24) is 15.5 Å². The van der Waals surface area contributed by atoms with Gasteiger partial charge in [0.1, 0.15) is 12.3 Å². The van der Waals surface area contributed by atoms with Crippen LogP contribution in [0.2, 0.25) is 0 Å². The molecule has 1 heterocycles. The van der Waals surface area contributed by atoms with Gasteiger partial charge in [-0.05, 0) is 49.8 Å². The van der Waals surface area contributed by atoms with Gasteiger partial charge in [-0.15, -0.1) is 0 Å². The van der Waals surface area contributed by atoms with Gasteiger partial charge in [0.05, 0.1) is 6.61 Å². The van der Waals surface area contributed by atoms with E-state index in [-0.39, 0.29) is 47.5 Å². The van der Waals surface area contributed by atoms with E-state index >= 15 is 0 Å². The summed E-state index contributed by atoms with van der Waals surface area (Å²) in [7, 11) is -2.28. The predicted molar refractivity (Wildman–Crippen MR) is 166 cm³/mol. The molecule has 0 spiro atoms. The number of hydrogen-bond donors (Lipinski definition) is 3. The topological polar surface area (TPSA) is 151 Å². The Labute approximate surface area is 252 Å². The molecule has 5 amide bonds. The minimum atomic E-state index is -3.78. The first-order chi connectivity index (χ1) is 20.2. The van der Waals surface area contributed by atoms with Crippen LogP contribution in [0.5, 0.6) is 0 Å². The van der Waals surface area contributed by atoms with Crippen molar-refractivity contribution in [2.24, 2.45) is 17.8 Å². The molecule has 11 nitrogen and oxygen atoms in total. The van der Waals surface area contributed by atoms with Crippen LogP contribution in [-0.2, 0) is 23.5 Å². The molecule has 2 unspecified atom stereocenters. The standard InChI is InChI=1S/C31H43N4O7P/c1-8-42-43(41,16-21(14-18(2)3)28(37)34-26(15-19(4)5)29(38)32-7)17-35-30(39)23-11-9-10-22-25(33-20(6)36)13-12-24(27(22)23)31(35)40/h9-13,18-19,21,26H,8,14-17H2,1-7H3,(H,32,38)(H,33,36)(H,34,37)/t21?,26-,43?/m0/s1. The van der Waals surface area contributed by atoms with Crippen LogP contribution in [0.25, 0.3) is 10.8 Å². The Bertz CT molecular complexity index is 1430. The lowest BCUT2D eigenvalue weighted by Crippen LogP contribution is -2.49. The minimum absolute atomic E-state index is 0.0456. The first-order valence-electron chi connectivity index (χ1n) is 14.6. The third-order valence-electron chi connectivity index (χ3n) is 7.24. The van der Waals surface area contributed by atoms with Gasteiger partial charge >= 0.3 is 0 Å². The molecule has 0 bridgehead atoms. The fraction of sp³-hybridized carbons (Fsp3) is 0.516. The highest BCUT2D eigenvalue weighted by atomic mass is 31.2. The van der Waals surface area contributed by atoms with Crippen LogP contribution < -0.4 is 16.0 Å². The second-order valence-corrected chi connectivity index (χ2v) is 14.3. The number of carbonyl (C=O) groups is 5. The number of nitrogens with zero attached hydrogens (tertiary/aromatic N) is 1. The van der Waals surface area contributed by atoms with Gasteiger partial charge in [-0.1, -0.05) is 39.8 Å². The second-order valence-electron chi connectivity index (χ2n) is 11.8. The summed E-state index contributed by atoms with van der Waals surface area (Å²) >= 11 is 0.